The first-order valence-corrected chi connectivity index (χ1v) is 7.67. The molecule has 1 N–H and O–H groups in total. The fourth-order valence-electron chi connectivity index (χ4n) is 3.80. The summed E-state index contributed by atoms with van der Waals surface area (Å²) in [5, 5.41) is 9.94. The molecular formula is C16H18ClNO3. The highest BCUT2D eigenvalue weighted by Crippen LogP contribution is 2.43. The van der Waals surface area contributed by atoms with Crippen molar-refractivity contribution in [1.82, 2.24) is 4.90 Å². The molecule has 21 heavy (non-hydrogen) atoms. The molecule has 1 aromatic rings. The van der Waals surface area contributed by atoms with Gasteiger partial charge in [0.1, 0.15) is 6.04 Å². The van der Waals surface area contributed by atoms with Crippen LogP contribution in [0, 0.1) is 18.8 Å². The summed E-state index contributed by atoms with van der Waals surface area (Å²) in [6.07, 6.45) is 2.97. The number of amides is 1. The van der Waals surface area contributed by atoms with Crippen LogP contribution in [0.15, 0.2) is 18.2 Å². The lowest BCUT2D eigenvalue weighted by molar-refractivity contribution is -0.142. The number of hydrogen-bond acceptors (Lipinski definition) is 2. The standard InChI is InChI=1S/C16H18ClNO3/c1-9-4-2-7-12(13(9)17)15(19)18-8-10-5-3-6-11(10)14(18)16(20)21/h2,4,7,10-11,14H,3,5-6,8H2,1H3,(H,20,21). The van der Waals surface area contributed by atoms with Crippen molar-refractivity contribution in [2.45, 2.75) is 32.2 Å². The molecule has 0 radical (unpaired) electrons. The molecule has 2 aliphatic rings. The zero-order valence-corrected chi connectivity index (χ0v) is 12.6. The minimum Gasteiger partial charge on any atom is -0.480 e. The Morgan fingerprint density at radius 2 is 2.10 bits per heavy atom. The molecule has 112 valence electrons. The summed E-state index contributed by atoms with van der Waals surface area (Å²) >= 11 is 6.22. The molecule has 1 saturated heterocycles. The normalized spacial score (nSPS) is 27.7. The molecule has 3 unspecified atom stereocenters. The van der Waals surface area contributed by atoms with E-state index in [1.807, 2.05) is 13.0 Å². The molecule has 3 rings (SSSR count). The number of rotatable bonds is 2. The van der Waals surface area contributed by atoms with Crippen LogP contribution in [-0.2, 0) is 4.79 Å². The van der Waals surface area contributed by atoms with Crippen molar-refractivity contribution in [1.29, 1.82) is 0 Å². The van der Waals surface area contributed by atoms with Crippen molar-refractivity contribution in [3.05, 3.63) is 34.3 Å². The van der Waals surface area contributed by atoms with Gasteiger partial charge in [-0.15, -0.1) is 0 Å². The summed E-state index contributed by atoms with van der Waals surface area (Å²) < 4.78 is 0. The maximum atomic E-state index is 12.7. The van der Waals surface area contributed by atoms with Crippen molar-refractivity contribution < 1.29 is 14.7 Å². The van der Waals surface area contributed by atoms with Crippen LogP contribution in [0.25, 0.3) is 0 Å². The van der Waals surface area contributed by atoms with Crippen LogP contribution in [0.2, 0.25) is 5.02 Å². The molecule has 1 heterocycles. The number of fused-ring (bicyclic) bond motifs is 1. The van der Waals surface area contributed by atoms with E-state index in [9.17, 15) is 14.7 Å². The number of hydrogen-bond donors (Lipinski definition) is 1. The third kappa shape index (κ3) is 2.31. The molecule has 1 aliphatic carbocycles. The number of nitrogens with zero attached hydrogens (tertiary/aromatic N) is 1. The van der Waals surface area contributed by atoms with Crippen LogP contribution in [0.4, 0.5) is 0 Å². The maximum absolute atomic E-state index is 12.7. The average molecular weight is 308 g/mol. The van der Waals surface area contributed by atoms with E-state index in [0.29, 0.717) is 23.0 Å². The van der Waals surface area contributed by atoms with Gasteiger partial charge in [-0.1, -0.05) is 30.2 Å². The molecule has 2 fully saturated rings. The van der Waals surface area contributed by atoms with Gasteiger partial charge in [-0.2, -0.15) is 0 Å². The fourth-order valence-corrected chi connectivity index (χ4v) is 4.01. The Morgan fingerprint density at radius 3 is 2.81 bits per heavy atom. The summed E-state index contributed by atoms with van der Waals surface area (Å²) in [6, 6.07) is 4.58. The van der Waals surface area contributed by atoms with Gasteiger partial charge in [-0.3, -0.25) is 4.79 Å². The third-order valence-electron chi connectivity index (χ3n) is 4.83. The number of carboxylic acids is 1. The van der Waals surface area contributed by atoms with Crippen molar-refractivity contribution in [3.63, 3.8) is 0 Å². The Morgan fingerprint density at radius 1 is 1.33 bits per heavy atom. The highest BCUT2D eigenvalue weighted by Gasteiger charge is 2.49. The molecule has 1 amide bonds. The van der Waals surface area contributed by atoms with E-state index in [1.54, 1.807) is 12.1 Å². The van der Waals surface area contributed by atoms with Gasteiger partial charge < -0.3 is 10.0 Å². The first kappa shape index (κ1) is 14.4. The summed E-state index contributed by atoms with van der Waals surface area (Å²) in [5.41, 5.74) is 1.23. The van der Waals surface area contributed by atoms with Gasteiger partial charge in [0.05, 0.1) is 10.6 Å². The number of halogens is 1. The van der Waals surface area contributed by atoms with Gasteiger partial charge >= 0.3 is 5.97 Å². The van der Waals surface area contributed by atoms with Gasteiger partial charge in [0.25, 0.3) is 5.91 Å². The lowest BCUT2D eigenvalue weighted by Crippen LogP contribution is -2.43. The van der Waals surface area contributed by atoms with Crippen molar-refractivity contribution in [3.8, 4) is 0 Å². The Kier molecular flexibility index (Phi) is 3.66. The highest BCUT2D eigenvalue weighted by atomic mass is 35.5. The maximum Gasteiger partial charge on any atom is 0.326 e. The lowest BCUT2D eigenvalue weighted by Gasteiger charge is -2.25. The van der Waals surface area contributed by atoms with Gasteiger partial charge in [0.15, 0.2) is 0 Å². The zero-order chi connectivity index (χ0) is 15.1. The molecule has 4 nitrogen and oxygen atoms in total. The van der Waals surface area contributed by atoms with E-state index < -0.39 is 12.0 Å². The van der Waals surface area contributed by atoms with Gasteiger partial charge in [0, 0.05) is 6.54 Å². The predicted molar refractivity (Wildman–Crippen MR) is 79.5 cm³/mol. The van der Waals surface area contributed by atoms with Crippen LogP contribution in [0.1, 0.15) is 35.2 Å². The van der Waals surface area contributed by atoms with E-state index in [0.717, 1.165) is 24.8 Å². The minimum atomic E-state index is -0.901. The zero-order valence-electron chi connectivity index (χ0n) is 11.9. The Hall–Kier alpha value is -1.55. The number of benzene rings is 1. The van der Waals surface area contributed by atoms with E-state index in [1.165, 1.54) is 4.90 Å². The molecule has 0 bridgehead atoms. The molecule has 3 atom stereocenters. The molecule has 0 spiro atoms. The predicted octanol–water partition coefficient (Wildman–Crippen LogP) is 2.97. The molecule has 1 aliphatic heterocycles. The first-order valence-electron chi connectivity index (χ1n) is 7.29. The molecule has 0 aromatic heterocycles. The smallest absolute Gasteiger partial charge is 0.326 e. The largest absolute Gasteiger partial charge is 0.480 e. The Labute approximate surface area is 128 Å². The third-order valence-corrected chi connectivity index (χ3v) is 5.33. The topological polar surface area (TPSA) is 57.6 Å². The number of carbonyl (C=O) groups excluding carboxylic acids is 1. The van der Waals surface area contributed by atoms with Crippen molar-refractivity contribution in [2.75, 3.05) is 6.54 Å². The lowest BCUT2D eigenvalue weighted by atomic mass is 9.94. The second-order valence-corrected chi connectivity index (χ2v) is 6.41. The number of aliphatic carboxylic acids is 1. The fraction of sp³-hybridized carbons (Fsp3) is 0.500. The number of aryl methyl sites for hydroxylation is 1. The molecule has 5 heteroatoms. The van der Waals surface area contributed by atoms with E-state index in [-0.39, 0.29) is 11.8 Å². The van der Waals surface area contributed by atoms with E-state index >= 15 is 0 Å². The molecular weight excluding hydrogens is 290 g/mol. The minimum absolute atomic E-state index is 0.0926. The molecule has 1 saturated carbocycles. The van der Waals surface area contributed by atoms with E-state index in [4.69, 9.17) is 11.6 Å². The van der Waals surface area contributed by atoms with Gasteiger partial charge in [-0.05, 0) is 43.2 Å². The quantitative estimate of drug-likeness (QED) is 0.914. The van der Waals surface area contributed by atoms with Crippen LogP contribution in [0.3, 0.4) is 0 Å². The van der Waals surface area contributed by atoms with Crippen LogP contribution in [-0.4, -0.2) is 34.5 Å². The number of carboxylic acid groups (broad SMARTS) is 1. The summed E-state index contributed by atoms with van der Waals surface area (Å²) in [7, 11) is 0. The summed E-state index contributed by atoms with van der Waals surface area (Å²) in [6.45, 7) is 2.37. The summed E-state index contributed by atoms with van der Waals surface area (Å²) in [5.74, 6) is -0.749. The summed E-state index contributed by atoms with van der Waals surface area (Å²) in [4.78, 5) is 25.9. The second kappa shape index (κ2) is 5.34. The van der Waals surface area contributed by atoms with Crippen molar-refractivity contribution >= 4 is 23.5 Å². The van der Waals surface area contributed by atoms with Gasteiger partial charge in [0.2, 0.25) is 0 Å². The van der Waals surface area contributed by atoms with Gasteiger partial charge in [-0.25, -0.2) is 4.79 Å². The van der Waals surface area contributed by atoms with Crippen molar-refractivity contribution in [2.24, 2.45) is 11.8 Å². The van der Waals surface area contributed by atoms with E-state index in [2.05, 4.69) is 0 Å². The Bertz CT molecular complexity index is 601. The molecule has 1 aromatic carbocycles. The highest BCUT2D eigenvalue weighted by molar-refractivity contribution is 6.34. The average Bonchev–Trinajstić information content (AvgIpc) is 3.00. The second-order valence-electron chi connectivity index (χ2n) is 6.03. The van der Waals surface area contributed by atoms with Crippen LogP contribution in [0.5, 0.6) is 0 Å². The Balaban J connectivity index is 1.93. The van der Waals surface area contributed by atoms with Crippen LogP contribution >= 0.6 is 11.6 Å². The number of carbonyl (C=O) groups is 2. The first-order chi connectivity index (χ1) is 10.0. The SMILES string of the molecule is Cc1cccc(C(=O)N2CC3CCCC3C2C(=O)O)c1Cl. The monoisotopic (exact) mass is 307 g/mol. The number of likely N-dealkylation sites (tertiary alicyclic amines) is 1. The van der Waals surface area contributed by atoms with Crippen LogP contribution < -0.4 is 0 Å².